The number of fused-ring (bicyclic) bond motifs is 1. The first-order valence-corrected chi connectivity index (χ1v) is 9.18. The molecule has 28 heavy (non-hydrogen) atoms. The van der Waals surface area contributed by atoms with Crippen LogP contribution in [0.25, 0.3) is 11.3 Å². The second-order valence-corrected chi connectivity index (χ2v) is 7.18. The van der Waals surface area contributed by atoms with Gasteiger partial charge in [-0.2, -0.15) is 5.10 Å². The number of nitrogens with two attached hydrogens (primary N) is 1. The lowest BCUT2D eigenvalue weighted by Crippen LogP contribution is -2.39. The molecule has 3 heterocycles. The zero-order valence-electron chi connectivity index (χ0n) is 14.8. The summed E-state index contributed by atoms with van der Waals surface area (Å²) in [5.74, 6) is -0.580. The minimum Gasteiger partial charge on any atom is -0.384 e. The van der Waals surface area contributed by atoms with Crippen LogP contribution >= 0.6 is 23.2 Å². The summed E-state index contributed by atoms with van der Waals surface area (Å²) in [7, 11) is 1.45. The molecule has 0 bridgehead atoms. The lowest BCUT2D eigenvalue weighted by Gasteiger charge is -2.22. The first kappa shape index (κ1) is 18.5. The molecule has 7 nitrogen and oxygen atoms in total. The second kappa shape index (κ2) is 6.92. The van der Waals surface area contributed by atoms with Crippen LogP contribution in [0.4, 0.5) is 5.82 Å². The zero-order valence-corrected chi connectivity index (χ0v) is 16.3. The molecule has 2 amide bonds. The van der Waals surface area contributed by atoms with Crippen molar-refractivity contribution in [2.45, 2.75) is 13.0 Å². The molecule has 0 atom stereocenters. The van der Waals surface area contributed by atoms with Crippen molar-refractivity contribution in [2.75, 3.05) is 12.8 Å². The van der Waals surface area contributed by atoms with Crippen molar-refractivity contribution in [3.63, 3.8) is 0 Å². The maximum Gasteiger partial charge on any atom is 0.264 e. The third-order valence-corrected chi connectivity index (χ3v) is 5.39. The predicted octanol–water partition coefficient (Wildman–Crippen LogP) is 3.04. The molecule has 0 fully saturated rings. The van der Waals surface area contributed by atoms with E-state index >= 15 is 0 Å². The minimum atomic E-state index is -0.442. The number of carbonyl (C=O) groups is 2. The zero-order chi connectivity index (χ0) is 20.0. The number of halogens is 2. The number of likely N-dealkylation sites (N-methyl/N-ethyl adjacent to an activating group) is 1. The van der Waals surface area contributed by atoms with E-state index in [1.807, 2.05) is 30.3 Å². The molecule has 4 rings (SSSR count). The molecule has 1 aliphatic heterocycles. The number of carbonyl (C=O) groups excluding carboxylic acids is 2. The number of aromatic nitrogens is 3. The Balaban J connectivity index is 1.94. The molecule has 3 aromatic rings. The van der Waals surface area contributed by atoms with E-state index in [0.29, 0.717) is 29.1 Å². The van der Waals surface area contributed by atoms with Gasteiger partial charge in [0, 0.05) is 12.6 Å². The highest BCUT2D eigenvalue weighted by atomic mass is 35.5. The van der Waals surface area contributed by atoms with E-state index in [4.69, 9.17) is 28.9 Å². The van der Waals surface area contributed by atoms with E-state index in [0.717, 1.165) is 10.5 Å². The van der Waals surface area contributed by atoms with E-state index in [9.17, 15) is 9.59 Å². The molecule has 1 aromatic carbocycles. The fourth-order valence-corrected chi connectivity index (χ4v) is 3.59. The summed E-state index contributed by atoms with van der Waals surface area (Å²) in [4.78, 5) is 30.2. The number of anilines is 1. The van der Waals surface area contributed by atoms with Gasteiger partial charge in [0.1, 0.15) is 11.5 Å². The largest absolute Gasteiger partial charge is 0.384 e. The van der Waals surface area contributed by atoms with Gasteiger partial charge in [-0.15, -0.1) is 0 Å². The van der Waals surface area contributed by atoms with Crippen LogP contribution in [0.2, 0.25) is 10.2 Å². The number of imide groups is 1. The van der Waals surface area contributed by atoms with Gasteiger partial charge in [0.2, 0.25) is 5.91 Å². The van der Waals surface area contributed by atoms with Crippen LogP contribution in [-0.2, 0) is 17.8 Å². The molecule has 0 radical (unpaired) electrons. The summed E-state index contributed by atoms with van der Waals surface area (Å²) in [6, 6.07) is 11.2. The molecule has 142 valence electrons. The van der Waals surface area contributed by atoms with Gasteiger partial charge in [0.15, 0.2) is 5.15 Å². The van der Waals surface area contributed by atoms with E-state index in [2.05, 4.69) is 10.1 Å². The molecule has 0 saturated carbocycles. The minimum absolute atomic E-state index is 0.0238. The standard InChI is InChI=1S/C19H15Cl2N5O2/c1-25-14(27)8-12-15(19(25)28)17(11-7-13(22)23-18(21)16(11)20)24-26(12)9-10-5-3-2-4-6-10/h2-7H,8-9H2,1H3,(H2,22,23). The van der Waals surface area contributed by atoms with Gasteiger partial charge in [-0.25, -0.2) is 4.98 Å². The van der Waals surface area contributed by atoms with Gasteiger partial charge in [-0.1, -0.05) is 53.5 Å². The van der Waals surface area contributed by atoms with E-state index in [1.165, 1.54) is 13.1 Å². The quantitative estimate of drug-likeness (QED) is 0.523. The average Bonchev–Trinajstić information content (AvgIpc) is 3.01. The Hall–Kier alpha value is -2.90. The summed E-state index contributed by atoms with van der Waals surface area (Å²) in [5.41, 5.74) is 8.39. The van der Waals surface area contributed by atoms with E-state index in [-0.39, 0.29) is 28.3 Å². The van der Waals surface area contributed by atoms with Crippen molar-refractivity contribution in [1.82, 2.24) is 19.7 Å². The fraction of sp³-hybridized carbons (Fsp3) is 0.158. The number of nitrogens with zero attached hydrogens (tertiary/aromatic N) is 4. The number of nitrogen functional groups attached to an aromatic ring is 1. The predicted molar refractivity (Wildman–Crippen MR) is 106 cm³/mol. The highest BCUT2D eigenvalue weighted by Crippen LogP contribution is 2.37. The Kier molecular flexibility index (Phi) is 4.56. The summed E-state index contributed by atoms with van der Waals surface area (Å²) < 4.78 is 1.66. The van der Waals surface area contributed by atoms with Crippen LogP contribution in [0.5, 0.6) is 0 Å². The van der Waals surface area contributed by atoms with Gasteiger partial charge < -0.3 is 5.73 Å². The smallest absolute Gasteiger partial charge is 0.264 e. The lowest BCUT2D eigenvalue weighted by molar-refractivity contribution is -0.127. The van der Waals surface area contributed by atoms with Crippen molar-refractivity contribution in [1.29, 1.82) is 0 Å². The molecule has 0 aliphatic carbocycles. The fourth-order valence-electron chi connectivity index (χ4n) is 3.21. The van der Waals surface area contributed by atoms with Crippen molar-refractivity contribution in [3.8, 4) is 11.3 Å². The molecule has 0 saturated heterocycles. The number of hydrogen-bond donors (Lipinski definition) is 1. The third-order valence-electron chi connectivity index (χ3n) is 4.64. The topological polar surface area (TPSA) is 94.1 Å². The number of pyridine rings is 1. The van der Waals surface area contributed by atoms with Crippen LogP contribution < -0.4 is 5.73 Å². The monoisotopic (exact) mass is 415 g/mol. The number of hydrogen-bond acceptors (Lipinski definition) is 5. The highest BCUT2D eigenvalue weighted by molar-refractivity contribution is 6.43. The Morgan fingerprint density at radius 3 is 2.61 bits per heavy atom. The van der Waals surface area contributed by atoms with Crippen LogP contribution in [0, 0.1) is 0 Å². The summed E-state index contributed by atoms with van der Waals surface area (Å²) in [5, 5.41) is 4.78. The van der Waals surface area contributed by atoms with Crippen LogP contribution in [0.3, 0.4) is 0 Å². The van der Waals surface area contributed by atoms with E-state index < -0.39 is 5.91 Å². The van der Waals surface area contributed by atoms with Gasteiger partial charge in [-0.05, 0) is 11.6 Å². The molecular formula is C19H15Cl2N5O2. The summed E-state index contributed by atoms with van der Waals surface area (Å²) in [6.07, 6.45) is 0.0589. The van der Waals surface area contributed by atoms with Crippen LogP contribution in [-0.4, -0.2) is 38.5 Å². The van der Waals surface area contributed by atoms with Crippen molar-refractivity contribution in [2.24, 2.45) is 0 Å². The number of amides is 2. The maximum atomic E-state index is 12.9. The van der Waals surface area contributed by atoms with Crippen molar-refractivity contribution < 1.29 is 9.59 Å². The van der Waals surface area contributed by atoms with Crippen molar-refractivity contribution in [3.05, 3.63) is 63.4 Å². The Labute approximate surface area is 170 Å². The Morgan fingerprint density at radius 2 is 1.89 bits per heavy atom. The highest BCUT2D eigenvalue weighted by Gasteiger charge is 2.36. The molecule has 9 heteroatoms. The Morgan fingerprint density at radius 1 is 1.18 bits per heavy atom. The summed E-state index contributed by atoms with van der Waals surface area (Å²) in [6.45, 7) is 0.402. The van der Waals surface area contributed by atoms with E-state index in [1.54, 1.807) is 4.68 Å². The van der Waals surface area contributed by atoms with Gasteiger partial charge in [0.05, 0.1) is 29.2 Å². The third kappa shape index (κ3) is 3.02. The first-order chi connectivity index (χ1) is 13.4. The Bertz CT molecular complexity index is 1110. The second-order valence-electron chi connectivity index (χ2n) is 6.45. The summed E-state index contributed by atoms with van der Waals surface area (Å²) >= 11 is 12.4. The van der Waals surface area contributed by atoms with Crippen LogP contribution in [0.15, 0.2) is 36.4 Å². The first-order valence-electron chi connectivity index (χ1n) is 8.43. The van der Waals surface area contributed by atoms with Gasteiger partial charge >= 0.3 is 0 Å². The van der Waals surface area contributed by atoms with Crippen LogP contribution in [0.1, 0.15) is 21.6 Å². The molecule has 0 spiro atoms. The molecule has 0 unspecified atom stereocenters. The SMILES string of the molecule is CN1C(=O)Cc2c(c(-c3cc(N)nc(Cl)c3Cl)nn2Cc2ccccc2)C1=O. The normalized spacial score (nSPS) is 13.8. The van der Waals surface area contributed by atoms with Gasteiger partial charge in [-0.3, -0.25) is 19.2 Å². The molecule has 2 aromatic heterocycles. The molecular weight excluding hydrogens is 401 g/mol. The van der Waals surface area contributed by atoms with Crippen molar-refractivity contribution >= 4 is 40.8 Å². The molecule has 1 aliphatic rings. The van der Waals surface area contributed by atoms with Gasteiger partial charge in [0.25, 0.3) is 5.91 Å². The molecule has 2 N–H and O–H groups in total. The number of rotatable bonds is 3. The average molecular weight is 416 g/mol. The maximum absolute atomic E-state index is 12.9. The number of benzene rings is 1. The lowest BCUT2D eigenvalue weighted by atomic mass is 10.0.